The molecule has 0 unspecified atom stereocenters. The average Bonchev–Trinajstić information content (AvgIpc) is 3.16. The van der Waals surface area contributed by atoms with Crippen molar-refractivity contribution in [1.29, 1.82) is 0 Å². The molecule has 1 N–H and O–H groups in total. The van der Waals surface area contributed by atoms with Crippen molar-refractivity contribution in [3.8, 4) is 11.4 Å². The van der Waals surface area contributed by atoms with Gasteiger partial charge in [0.1, 0.15) is 0 Å². The van der Waals surface area contributed by atoms with Crippen LogP contribution in [0.15, 0.2) is 44.4 Å². The zero-order valence-electron chi connectivity index (χ0n) is 12.6. The van der Waals surface area contributed by atoms with Crippen molar-refractivity contribution in [2.45, 2.75) is 18.4 Å². The predicted molar refractivity (Wildman–Crippen MR) is 89.2 cm³/mol. The molecule has 0 aliphatic carbocycles. The van der Waals surface area contributed by atoms with Gasteiger partial charge < -0.3 is 9.84 Å². The smallest absolute Gasteiger partial charge is 0.246 e. The molecule has 0 fully saturated rings. The van der Waals surface area contributed by atoms with E-state index in [0.29, 0.717) is 18.3 Å². The van der Waals surface area contributed by atoms with Crippen LogP contribution in [0.2, 0.25) is 0 Å². The summed E-state index contributed by atoms with van der Waals surface area (Å²) < 4.78 is 28.5. The van der Waals surface area contributed by atoms with Crippen LogP contribution in [0, 0.1) is 6.92 Å². The number of hydrogen-bond donors (Lipinski definition) is 1. The van der Waals surface area contributed by atoms with E-state index in [1.807, 2.05) is 23.8 Å². The van der Waals surface area contributed by atoms with E-state index in [2.05, 4.69) is 15.5 Å². The van der Waals surface area contributed by atoms with Gasteiger partial charge in [-0.25, -0.2) is 8.42 Å². The number of aromatic nitrogens is 2. The normalized spacial score (nSPS) is 11.6. The minimum atomic E-state index is -3.24. The molecule has 2 heterocycles. The van der Waals surface area contributed by atoms with Crippen molar-refractivity contribution in [2.24, 2.45) is 0 Å². The summed E-state index contributed by atoms with van der Waals surface area (Å²) in [5.41, 5.74) is 2.58. The monoisotopic (exact) mass is 349 g/mol. The molecular formula is C15H15N3O3S2. The molecule has 0 aliphatic heterocycles. The topological polar surface area (TPSA) is 85.1 Å². The zero-order valence-corrected chi connectivity index (χ0v) is 14.2. The molecule has 0 saturated carbocycles. The Morgan fingerprint density at radius 3 is 2.83 bits per heavy atom. The maximum absolute atomic E-state index is 11.6. The van der Waals surface area contributed by atoms with Crippen LogP contribution in [0.3, 0.4) is 0 Å². The van der Waals surface area contributed by atoms with Crippen LogP contribution in [0.25, 0.3) is 11.4 Å². The Hall–Kier alpha value is -2.19. The zero-order chi connectivity index (χ0) is 16.4. The maximum Gasteiger partial charge on any atom is 0.246 e. The first-order valence-electron chi connectivity index (χ1n) is 6.83. The largest absolute Gasteiger partial charge is 0.376 e. The Bertz CT molecular complexity index is 915. The molecule has 0 saturated heterocycles. The number of rotatable bonds is 5. The second-order valence-corrected chi connectivity index (χ2v) is 7.92. The number of nitrogens with zero attached hydrogens (tertiary/aromatic N) is 2. The quantitative estimate of drug-likeness (QED) is 0.762. The molecule has 23 heavy (non-hydrogen) atoms. The second-order valence-electron chi connectivity index (χ2n) is 5.13. The van der Waals surface area contributed by atoms with E-state index in [9.17, 15) is 8.42 Å². The van der Waals surface area contributed by atoms with Crippen LogP contribution >= 0.6 is 11.3 Å². The summed E-state index contributed by atoms with van der Waals surface area (Å²) in [5.74, 6) is 0.986. The number of benzene rings is 1. The highest BCUT2D eigenvalue weighted by atomic mass is 32.2. The third-order valence-corrected chi connectivity index (χ3v) is 5.11. The minimum absolute atomic E-state index is 0.273. The molecule has 0 amide bonds. The van der Waals surface area contributed by atoms with E-state index in [1.165, 1.54) is 6.26 Å². The highest BCUT2D eigenvalue weighted by molar-refractivity contribution is 7.90. The van der Waals surface area contributed by atoms with Crippen molar-refractivity contribution < 1.29 is 12.9 Å². The first-order chi connectivity index (χ1) is 10.9. The molecule has 0 spiro atoms. The van der Waals surface area contributed by atoms with Crippen molar-refractivity contribution >= 4 is 26.9 Å². The van der Waals surface area contributed by atoms with Gasteiger partial charge in [-0.1, -0.05) is 11.2 Å². The number of nitrogens with one attached hydrogen (secondary N) is 1. The number of thiophene rings is 1. The number of sulfone groups is 1. The second kappa shape index (κ2) is 6.13. The molecule has 2 aromatic heterocycles. The van der Waals surface area contributed by atoms with E-state index in [4.69, 9.17) is 4.52 Å². The van der Waals surface area contributed by atoms with Gasteiger partial charge in [0, 0.05) is 22.9 Å². The molecule has 120 valence electrons. The fourth-order valence-electron chi connectivity index (χ4n) is 2.03. The Balaban J connectivity index is 1.76. The van der Waals surface area contributed by atoms with Gasteiger partial charge in [0.25, 0.3) is 0 Å². The molecule has 8 heteroatoms. The SMILES string of the molecule is Cc1ccc(S(C)(=O)=O)cc1NCc1nc(-c2ccsc2)no1. The summed E-state index contributed by atoms with van der Waals surface area (Å²) in [6, 6.07) is 6.90. The summed E-state index contributed by atoms with van der Waals surface area (Å²) >= 11 is 1.57. The first kappa shape index (κ1) is 15.7. The van der Waals surface area contributed by atoms with Gasteiger partial charge in [-0.2, -0.15) is 16.3 Å². The minimum Gasteiger partial charge on any atom is -0.376 e. The number of anilines is 1. The van der Waals surface area contributed by atoms with Gasteiger partial charge in [-0.05, 0) is 36.1 Å². The van der Waals surface area contributed by atoms with Crippen LogP contribution in [0.5, 0.6) is 0 Å². The Morgan fingerprint density at radius 1 is 1.30 bits per heavy atom. The predicted octanol–water partition coefficient (Wildman–Crippen LogP) is 3.12. The lowest BCUT2D eigenvalue weighted by molar-refractivity contribution is 0.384. The summed E-state index contributed by atoms with van der Waals surface area (Å²) in [5, 5.41) is 11.0. The molecule has 3 aromatic rings. The van der Waals surface area contributed by atoms with Gasteiger partial charge in [0.2, 0.25) is 11.7 Å². The molecule has 0 radical (unpaired) electrons. The van der Waals surface area contributed by atoms with E-state index in [0.717, 1.165) is 16.8 Å². The van der Waals surface area contributed by atoms with E-state index in [-0.39, 0.29) is 4.90 Å². The lowest BCUT2D eigenvalue weighted by atomic mass is 10.2. The summed E-state index contributed by atoms with van der Waals surface area (Å²) in [6.07, 6.45) is 1.19. The van der Waals surface area contributed by atoms with Crippen LogP contribution < -0.4 is 5.32 Å². The third kappa shape index (κ3) is 3.59. The average molecular weight is 349 g/mol. The van der Waals surface area contributed by atoms with Crippen molar-refractivity contribution in [1.82, 2.24) is 10.1 Å². The molecule has 1 aromatic carbocycles. The first-order valence-corrected chi connectivity index (χ1v) is 9.66. The Morgan fingerprint density at radius 2 is 2.13 bits per heavy atom. The highest BCUT2D eigenvalue weighted by Crippen LogP contribution is 2.22. The van der Waals surface area contributed by atoms with Gasteiger partial charge in [-0.3, -0.25) is 0 Å². The highest BCUT2D eigenvalue weighted by Gasteiger charge is 2.12. The number of hydrogen-bond acceptors (Lipinski definition) is 7. The fraction of sp³-hybridized carbons (Fsp3) is 0.200. The van der Waals surface area contributed by atoms with Gasteiger partial charge >= 0.3 is 0 Å². The van der Waals surface area contributed by atoms with Crippen LogP contribution in [0.1, 0.15) is 11.5 Å². The van der Waals surface area contributed by atoms with Gasteiger partial charge in [-0.15, -0.1) is 0 Å². The Kier molecular flexibility index (Phi) is 4.18. The third-order valence-electron chi connectivity index (χ3n) is 3.31. The van der Waals surface area contributed by atoms with E-state index >= 15 is 0 Å². The summed E-state index contributed by atoms with van der Waals surface area (Å²) in [6.45, 7) is 2.23. The van der Waals surface area contributed by atoms with Crippen LogP contribution in [-0.2, 0) is 16.4 Å². The lowest BCUT2D eigenvalue weighted by Gasteiger charge is -2.09. The summed E-state index contributed by atoms with van der Waals surface area (Å²) in [7, 11) is -3.24. The maximum atomic E-state index is 11.6. The molecule has 0 bridgehead atoms. The van der Waals surface area contributed by atoms with Crippen molar-refractivity contribution in [3.05, 3.63) is 46.5 Å². The Labute approximate surface area is 138 Å². The van der Waals surface area contributed by atoms with E-state index in [1.54, 1.807) is 29.5 Å². The molecular weight excluding hydrogens is 334 g/mol. The van der Waals surface area contributed by atoms with E-state index < -0.39 is 9.84 Å². The van der Waals surface area contributed by atoms with Crippen LogP contribution in [-0.4, -0.2) is 24.8 Å². The fourth-order valence-corrected chi connectivity index (χ4v) is 3.31. The van der Waals surface area contributed by atoms with Gasteiger partial charge in [0.15, 0.2) is 9.84 Å². The van der Waals surface area contributed by atoms with Crippen molar-refractivity contribution in [2.75, 3.05) is 11.6 Å². The number of aryl methyl sites for hydroxylation is 1. The molecule has 6 nitrogen and oxygen atoms in total. The van der Waals surface area contributed by atoms with Crippen molar-refractivity contribution in [3.63, 3.8) is 0 Å². The molecule has 0 aliphatic rings. The van der Waals surface area contributed by atoms with Crippen LogP contribution in [0.4, 0.5) is 5.69 Å². The lowest BCUT2D eigenvalue weighted by Crippen LogP contribution is -2.04. The standard InChI is InChI=1S/C15H15N3O3S2/c1-10-3-4-12(23(2,19)20)7-13(10)16-8-14-17-15(18-21-14)11-5-6-22-9-11/h3-7,9,16H,8H2,1-2H3. The summed E-state index contributed by atoms with van der Waals surface area (Å²) in [4.78, 5) is 4.59. The molecule has 3 rings (SSSR count). The molecule has 0 atom stereocenters. The van der Waals surface area contributed by atoms with Gasteiger partial charge in [0.05, 0.1) is 11.4 Å².